The average Bonchev–Trinajstić information content (AvgIpc) is 2.06. The quantitative estimate of drug-likeness (QED) is 0.655. The van der Waals surface area contributed by atoms with Crippen LogP contribution in [-0.2, 0) is 9.47 Å². The normalized spacial score (nSPS) is 28.4. The molecule has 1 aliphatic heterocycles. The zero-order valence-corrected chi connectivity index (χ0v) is 6.95. The van der Waals surface area contributed by atoms with Crippen LogP contribution in [0.2, 0.25) is 0 Å². The van der Waals surface area contributed by atoms with Gasteiger partial charge in [0, 0.05) is 6.61 Å². The maximum atomic E-state index is 8.70. The summed E-state index contributed by atoms with van der Waals surface area (Å²) in [5.74, 6) is 0. The van der Waals surface area contributed by atoms with E-state index in [-0.39, 0.29) is 18.8 Å². The molecule has 3 heteroatoms. The third-order valence-electron chi connectivity index (χ3n) is 1.80. The first-order valence-electron chi connectivity index (χ1n) is 4.17. The molecule has 1 aliphatic rings. The fraction of sp³-hybridized carbons (Fsp3) is 1.00. The van der Waals surface area contributed by atoms with Gasteiger partial charge in [0.25, 0.3) is 0 Å². The molecule has 1 rings (SSSR count). The summed E-state index contributed by atoms with van der Waals surface area (Å²) in [6.45, 7) is 3.50. The van der Waals surface area contributed by atoms with Crippen LogP contribution in [0.25, 0.3) is 0 Å². The van der Waals surface area contributed by atoms with Gasteiger partial charge in [0.2, 0.25) is 0 Å². The van der Waals surface area contributed by atoms with E-state index in [0.29, 0.717) is 6.61 Å². The molecule has 1 heterocycles. The van der Waals surface area contributed by atoms with Gasteiger partial charge in [-0.3, -0.25) is 0 Å². The van der Waals surface area contributed by atoms with Crippen LogP contribution in [0.3, 0.4) is 0 Å². The summed E-state index contributed by atoms with van der Waals surface area (Å²) < 4.78 is 10.7. The molecule has 0 radical (unpaired) electrons. The van der Waals surface area contributed by atoms with Crippen LogP contribution >= 0.6 is 0 Å². The maximum absolute atomic E-state index is 8.70. The van der Waals surface area contributed by atoms with Gasteiger partial charge in [-0.25, -0.2) is 0 Å². The van der Waals surface area contributed by atoms with Gasteiger partial charge in [0.15, 0.2) is 0 Å². The summed E-state index contributed by atoms with van der Waals surface area (Å²) >= 11 is 0. The van der Waals surface area contributed by atoms with E-state index in [4.69, 9.17) is 14.6 Å². The molecule has 0 aromatic carbocycles. The Morgan fingerprint density at radius 3 is 3.09 bits per heavy atom. The smallest absolute Gasteiger partial charge is 0.0814 e. The van der Waals surface area contributed by atoms with E-state index in [2.05, 4.69) is 0 Å². The second-order valence-electron chi connectivity index (χ2n) is 2.97. The van der Waals surface area contributed by atoms with Crippen LogP contribution in [0.15, 0.2) is 0 Å². The second kappa shape index (κ2) is 4.70. The fourth-order valence-electron chi connectivity index (χ4n) is 1.19. The van der Waals surface area contributed by atoms with E-state index < -0.39 is 0 Å². The molecule has 2 atom stereocenters. The standard InChI is InChI=1S/C8H16O3/c1-7(5-9)11-8-3-2-4-10-6-8/h7-9H,2-6H2,1H3/t7-,8?/m0/s1. The Morgan fingerprint density at radius 2 is 2.55 bits per heavy atom. The maximum Gasteiger partial charge on any atom is 0.0814 e. The number of hydrogen-bond donors (Lipinski definition) is 1. The number of aliphatic hydroxyl groups is 1. The van der Waals surface area contributed by atoms with Crippen LogP contribution in [0.4, 0.5) is 0 Å². The Kier molecular flexibility index (Phi) is 3.83. The lowest BCUT2D eigenvalue weighted by Crippen LogP contribution is -2.30. The summed E-state index contributed by atoms with van der Waals surface area (Å²) in [6.07, 6.45) is 2.28. The van der Waals surface area contributed by atoms with Crippen LogP contribution in [-0.4, -0.2) is 37.1 Å². The minimum atomic E-state index is -0.0540. The molecule has 0 amide bonds. The van der Waals surface area contributed by atoms with Crippen molar-refractivity contribution in [2.45, 2.75) is 32.0 Å². The van der Waals surface area contributed by atoms with Crippen LogP contribution in [0.5, 0.6) is 0 Å². The highest BCUT2D eigenvalue weighted by Gasteiger charge is 2.16. The Hall–Kier alpha value is -0.120. The fourth-order valence-corrected chi connectivity index (χ4v) is 1.19. The van der Waals surface area contributed by atoms with E-state index in [9.17, 15) is 0 Å². The average molecular weight is 160 g/mol. The first kappa shape index (κ1) is 8.97. The summed E-state index contributed by atoms with van der Waals surface area (Å²) in [5, 5.41) is 8.70. The number of aliphatic hydroxyl groups excluding tert-OH is 1. The lowest BCUT2D eigenvalue weighted by atomic mass is 10.2. The molecule has 0 saturated carbocycles. The van der Waals surface area contributed by atoms with Crippen LogP contribution in [0, 0.1) is 0 Å². The monoisotopic (exact) mass is 160 g/mol. The molecule has 0 bridgehead atoms. The van der Waals surface area contributed by atoms with Gasteiger partial charge in [-0.1, -0.05) is 0 Å². The van der Waals surface area contributed by atoms with E-state index in [1.54, 1.807) is 0 Å². The highest BCUT2D eigenvalue weighted by molar-refractivity contribution is 4.63. The minimum absolute atomic E-state index is 0.0540. The number of hydrogen-bond acceptors (Lipinski definition) is 3. The van der Waals surface area contributed by atoms with Crippen molar-refractivity contribution in [1.29, 1.82) is 0 Å². The molecule has 1 saturated heterocycles. The second-order valence-corrected chi connectivity index (χ2v) is 2.97. The molecule has 3 nitrogen and oxygen atoms in total. The van der Waals surface area contributed by atoms with Crippen molar-refractivity contribution in [3.63, 3.8) is 0 Å². The van der Waals surface area contributed by atoms with Gasteiger partial charge >= 0.3 is 0 Å². The topological polar surface area (TPSA) is 38.7 Å². The lowest BCUT2D eigenvalue weighted by Gasteiger charge is -2.24. The van der Waals surface area contributed by atoms with Crippen LogP contribution < -0.4 is 0 Å². The predicted molar refractivity (Wildman–Crippen MR) is 41.5 cm³/mol. The number of ether oxygens (including phenoxy) is 2. The van der Waals surface area contributed by atoms with E-state index in [1.807, 2.05) is 6.92 Å². The molecule has 66 valence electrons. The zero-order valence-electron chi connectivity index (χ0n) is 6.95. The summed E-state index contributed by atoms with van der Waals surface area (Å²) in [5.41, 5.74) is 0. The Balaban J connectivity index is 2.13. The Bertz CT molecular complexity index is 99.5. The summed E-state index contributed by atoms with van der Waals surface area (Å²) in [7, 11) is 0. The third-order valence-corrected chi connectivity index (χ3v) is 1.80. The van der Waals surface area contributed by atoms with Gasteiger partial charge in [-0.05, 0) is 19.8 Å². The molecule has 0 aromatic rings. The van der Waals surface area contributed by atoms with E-state index >= 15 is 0 Å². The first-order chi connectivity index (χ1) is 5.33. The van der Waals surface area contributed by atoms with E-state index in [0.717, 1.165) is 19.4 Å². The van der Waals surface area contributed by atoms with Gasteiger partial charge < -0.3 is 14.6 Å². The Labute approximate surface area is 67.3 Å². The van der Waals surface area contributed by atoms with Crippen LogP contribution in [0.1, 0.15) is 19.8 Å². The summed E-state index contributed by atoms with van der Waals surface area (Å²) in [4.78, 5) is 0. The Morgan fingerprint density at radius 1 is 1.73 bits per heavy atom. The predicted octanol–water partition coefficient (Wildman–Crippen LogP) is 0.563. The van der Waals surface area contributed by atoms with E-state index in [1.165, 1.54) is 0 Å². The molecule has 1 unspecified atom stereocenters. The molecule has 0 aliphatic carbocycles. The molecule has 1 fully saturated rings. The van der Waals surface area contributed by atoms with Crippen molar-refractivity contribution in [3.05, 3.63) is 0 Å². The minimum Gasteiger partial charge on any atom is -0.394 e. The number of rotatable bonds is 3. The van der Waals surface area contributed by atoms with Gasteiger partial charge in [-0.15, -0.1) is 0 Å². The molecule has 1 N–H and O–H groups in total. The highest BCUT2D eigenvalue weighted by Crippen LogP contribution is 2.11. The SMILES string of the molecule is C[C@@H](CO)OC1CCCOC1. The van der Waals surface area contributed by atoms with Crippen molar-refractivity contribution < 1.29 is 14.6 Å². The zero-order chi connectivity index (χ0) is 8.10. The van der Waals surface area contributed by atoms with Gasteiger partial charge in [-0.2, -0.15) is 0 Å². The van der Waals surface area contributed by atoms with Crippen molar-refractivity contribution in [2.75, 3.05) is 19.8 Å². The first-order valence-corrected chi connectivity index (χ1v) is 4.17. The third kappa shape index (κ3) is 3.18. The molecular weight excluding hydrogens is 144 g/mol. The molecular formula is C8H16O3. The van der Waals surface area contributed by atoms with Crippen molar-refractivity contribution >= 4 is 0 Å². The van der Waals surface area contributed by atoms with Crippen molar-refractivity contribution in [2.24, 2.45) is 0 Å². The lowest BCUT2D eigenvalue weighted by molar-refractivity contribution is -0.0903. The largest absolute Gasteiger partial charge is 0.394 e. The molecule has 0 aromatic heterocycles. The van der Waals surface area contributed by atoms with Gasteiger partial charge in [0.1, 0.15) is 0 Å². The van der Waals surface area contributed by atoms with Crippen molar-refractivity contribution in [3.8, 4) is 0 Å². The van der Waals surface area contributed by atoms with Crippen molar-refractivity contribution in [1.82, 2.24) is 0 Å². The molecule has 0 spiro atoms. The summed E-state index contributed by atoms with van der Waals surface area (Å²) in [6, 6.07) is 0. The van der Waals surface area contributed by atoms with Gasteiger partial charge in [0.05, 0.1) is 25.4 Å². The highest BCUT2D eigenvalue weighted by atomic mass is 16.5. The molecule has 11 heavy (non-hydrogen) atoms.